The van der Waals surface area contributed by atoms with E-state index in [9.17, 15) is 0 Å². The molecule has 2 heteroatoms. The van der Waals surface area contributed by atoms with Gasteiger partial charge in [-0.1, -0.05) is 49.7 Å². The number of hydrogen-bond donors (Lipinski definition) is 0. The maximum Gasteiger partial charge on any atom is 0.142 e. The van der Waals surface area contributed by atoms with Crippen molar-refractivity contribution >= 4 is 6.21 Å². The number of rotatable bonds is 6. The van der Waals surface area contributed by atoms with Crippen LogP contribution in [0.15, 0.2) is 29.4 Å². The van der Waals surface area contributed by atoms with E-state index in [1.165, 1.54) is 5.56 Å². The Labute approximate surface area is 91.9 Å². The van der Waals surface area contributed by atoms with Crippen molar-refractivity contribution in [3.05, 3.63) is 35.4 Å². The molecule has 1 aromatic rings. The second kappa shape index (κ2) is 7.04. The number of unbranched alkanes of at least 4 members (excludes halogenated alkanes) is 1. The molecular weight excluding hydrogens is 186 g/mol. The van der Waals surface area contributed by atoms with Gasteiger partial charge in [-0.3, -0.25) is 0 Å². The fourth-order valence-corrected chi connectivity index (χ4v) is 1.25. The number of benzene rings is 1. The van der Waals surface area contributed by atoms with Gasteiger partial charge in [-0.15, -0.1) is 0 Å². The average molecular weight is 204 g/mol. The van der Waals surface area contributed by atoms with E-state index < -0.39 is 0 Å². The van der Waals surface area contributed by atoms with Crippen LogP contribution in [0.4, 0.5) is 0 Å². The predicted octanol–water partition coefficient (Wildman–Crippen LogP) is 3.43. The Morgan fingerprint density at radius 2 is 2.07 bits per heavy atom. The van der Waals surface area contributed by atoms with Crippen LogP contribution in [0.3, 0.4) is 0 Å². The molecule has 0 bridgehead atoms. The second-order valence-corrected chi connectivity index (χ2v) is 3.45. The summed E-state index contributed by atoms with van der Waals surface area (Å²) in [6.45, 7) is 4.77. The van der Waals surface area contributed by atoms with Crippen LogP contribution in [-0.2, 0) is 17.9 Å². The normalized spacial score (nSPS) is 10.8. The molecule has 0 aliphatic rings. The van der Waals surface area contributed by atoms with Gasteiger partial charge < -0.3 is 4.84 Å². The molecule has 1 rings (SSSR count). The van der Waals surface area contributed by atoms with Gasteiger partial charge in [0.15, 0.2) is 0 Å². The Hall–Kier alpha value is -1.31. The van der Waals surface area contributed by atoms with Crippen LogP contribution in [0.1, 0.15) is 37.8 Å². The van der Waals surface area contributed by atoms with Gasteiger partial charge >= 0.3 is 0 Å². The molecule has 0 amide bonds. The molecule has 0 aromatic heterocycles. The summed E-state index contributed by atoms with van der Waals surface area (Å²) in [4.78, 5) is 5.14. The summed E-state index contributed by atoms with van der Waals surface area (Å²) in [6.07, 6.45) is 5.80. The first kappa shape index (κ1) is 11.8. The molecule has 0 aliphatic carbocycles. The Morgan fingerprint density at radius 1 is 1.27 bits per heavy atom. The quantitative estimate of drug-likeness (QED) is 0.514. The van der Waals surface area contributed by atoms with Crippen LogP contribution in [0.5, 0.6) is 0 Å². The smallest absolute Gasteiger partial charge is 0.142 e. The average Bonchev–Trinajstić information content (AvgIpc) is 2.29. The molecule has 0 spiro atoms. The summed E-state index contributed by atoms with van der Waals surface area (Å²) in [7, 11) is 0. The Morgan fingerprint density at radius 3 is 2.80 bits per heavy atom. The molecule has 0 unspecified atom stereocenters. The molecule has 0 aliphatic heterocycles. The van der Waals surface area contributed by atoms with E-state index in [0.29, 0.717) is 6.61 Å². The third-order valence-corrected chi connectivity index (χ3v) is 2.12. The molecule has 1 radical (unpaired) electrons. The van der Waals surface area contributed by atoms with E-state index in [0.717, 1.165) is 24.8 Å². The molecule has 0 fully saturated rings. The lowest BCUT2D eigenvalue weighted by Gasteiger charge is -2.01. The molecule has 15 heavy (non-hydrogen) atoms. The topological polar surface area (TPSA) is 21.6 Å². The van der Waals surface area contributed by atoms with E-state index in [4.69, 9.17) is 4.84 Å². The van der Waals surface area contributed by atoms with Gasteiger partial charge in [-0.2, -0.15) is 0 Å². The van der Waals surface area contributed by atoms with Gasteiger partial charge in [-0.25, -0.2) is 0 Å². The van der Waals surface area contributed by atoms with Crippen molar-refractivity contribution < 1.29 is 4.84 Å². The second-order valence-electron chi connectivity index (χ2n) is 3.45. The largest absolute Gasteiger partial charge is 0.391 e. The highest BCUT2D eigenvalue weighted by atomic mass is 16.6. The van der Waals surface area contributed by atoms with Crippen molar-refractivity contribution in [2.24, 2.45) is 5.16 Å². The van der Waals surface area contributed by atoms with E-state index in [-0.39, 0.29) is 0 Å². The Bertz CT molecular complexity index is 307. The zero-order chi connectivity index (χ0) is 10.9. The first-order chi connectivity index (χ1) is 7.36. The monoisotopic (exact) mass is 204 g/mol. The van der Waals surface area contributed by atoms with Gasteiger partial charge in [0, 0.05) is 0 Å². The lowest BCUT2D eigenvalue weighted by atomic mass is 10.1. The van der Waals surface area contributed by atoms with Crippen LogP contribution in [0.25, 0.3) is 0 Å². The molecule has 1 aromatic carbocycles. The minimum Gasteiger partial charge on any atom is -0.391 e. The molecule has 81 valence electrons. The van der Waals surface area contributed by atoms with Crippen molar-refractivity contribution in [2.45, 2.75) is 39.7 Å². The molecule has 0 atom stereocenters. The van der Waals surface area contributed by atoms with Gasteiger partial charge in [0.2, 0.25) is 0 Å². The fraction of sp³-hybridized carbons (Fsp3) is 0.462. The Balaban J connectivity index is 2.36. The highest BCUT2D eigenvalue weighted by Crippen LogP contribution is 2.07. The van der Waals surface area contributed by atoms with Crippen molar-refractivity contribution in [1.29, 1.82) is 0 Å². The third-order valence-electron chi connectivity index (χ3n) is 2.12. The molecular formula is C13H18NO. The minimum absolute atomic E-state index is 0.532. The molecule has 0 saturated heterocycles. The van der Waals surface area contributed by atoms with Crippen LogP contribution in [-0.4, -0.2) is 6.21 Å². The van der Waals surface area contributed by atoms with Gasteiger partial charge in [0.1, 0.15) is 12.8 Å². The highest BCUT2D eigenvalue weighted by molar-refractivity contribution is 5.55. The lowest BCUT2D eigenvalue weighted by Crippen LogP contribution is -1.89. The number of aryl methyl sites for hydroxylation is 1. The minimum atomic E-state index is 0.532. The fourth-order valence-electron chi connectivity index (χ4n) is 1.25. The SMILES string of the molecule is CCC/[C]=N/OCc1cccc(CC)c1. The van der Waals surface area contributed by atoms with Crippen molar-refractivity contribution in [3.63, 3.8) is 0 Å². The number of hydrogen-bond acceptors (Lipinski definition) is 2. The summed E-state index contributed by atoms with van der Waals surface area (Å²) >= 11 is 0. The van der Waals surface area contributed by atoms with Crippen LogP contribution < -0.4 is 0 Å². The summed E-state index contributed by atoms with van der Waals surface area (Å²) < 4.78 is 0. The van der Waals surface area contributed by atoms with E-state index in [1.54, 1.807) is 0 Å². The van der Waals surface area contributed by atoms with Crippen molar-refractivity contribution in [1.82, 2.24) is 0 Å². The molecule has 0 heterocycles. The maximum absolute atomic E-state index is 5.14. The van der Waals surface area contributed by atoms with Crippen molar-refractivity contribution in [2.75, 3.05) is 0 Å². The lowest BCUT2D eigenvalue weighted by molar-refractivity contribution is 0.131. The zero-order valence-corrected chi connectivity index (χ0v) is 9.49. The summed E-state index contributed by atoms with van der Waals surface area (Å²) in [5.74, 6) is 0. The van der Waals surface area contributed by atoms with Gasteiger partial charge in [0.25, 0.3) is 0 Å². The van der Waals surface area contributed by atoms with Crippen LogP contribution in [0.2, 0.25) is 0 Å². The molecule has 0 saturated carbocycles. The predicted molar refractivity (Wildman–Crippen MR) is 63.0 cm³/mol. The van der Waals surface area contributed by atoms with Gasteiger partial charge in [0.05, 0.1) is 0 Å². The van der Waals surface area contributed by atoms with Crippen LogP contribution in [0, 0.1) is 0 Å². The summed E-state index contributed by atoms with van der Waals surface area (Å²) in [5.41, 5.74) is 2.49. The van der Waals surface area contributed by atoms with Crippen molar-refractivity contribution in [3.8, 4) is 0 Å². The van der Waals surface area contributed by atoms with E-state index in [2.05, 4.69) is 49.5 Å². The molecule has 2 nitrogen and oxygen atoms in total. The highest BCUT2D eigenvalue weighted by Gasteiger charge is 1.94. The Kier molecular flexibility index (Phi) is 5.52. The first-order valence-electron chi connectivity index (χ1n) is 5.49. The maximum atomic E-state index is 5.14. The zero-order valence-electron chi connectivity index (χ0n) is 9.49. The van der Waals surface area contributed by atoms with Gasteiger partial charge in [-0.05, 0) is 24.0 Å². The first-order valence-corrected chi connectivity index (χ1v) is 5.49. The molecule has 0 N–H and O–H groups in total. The third kappa shape index (κ3) is 4.63. The summed E-state index contributed by atoms with van der Waals surface area (Å²) in [6, 6.07) is 8.37. The van der Waals surface area contributed by atoms with Crippen LogP contribution >= 0.6 is 0 Å². The number of nitrogens with zero attached hydrogens (tertiary/aromatic N) is 1. The van der Waals surface area contributed by atoms with E-state index >= 15 is 0 Å². The summed E-state index contributed by atoms with van der Waals surface area (Å²) in [5, 5.41) is 3.76. The standard InChI is InChI=1S/C13H18NO/c1-3-5-9-14-15-11-13-8-6-7-12(4-2)10-13/h6-8,10H,3-5,11H2,1-2H3. The van der Waals surface area contributed by atoms with E-state index in [1.807, 2.05) is 0 Å².